The zero-order valence-electron chi connectivity index (χ0n) is 17.5. The summed E-state index contributed by atoms with van der Waals surface area (Å²) in [5.41, 5.74) is 0.349. The van der Waals surface area contributed by atoms with Gasteiger partial charge in [0.1, 0.15) is 11.6 Å². The smallest absolute Gasteiger partial charge is 0.387 e. The number of halogens is 3. The molecule has 2 N–H and O–H groups in total. The fraction of sp³-hybridized carbons (Fsp3) is 0.174. The van der Waals surface area contributed by atoms with E-state index in [1.165, 1.54) is 48.5 Å². The van der Waals surface area contributed by atoms with Gasteiger partial charge < -0.3 is 10.1 Å². The van der Waals surface area contributed by atoms with Gasteiger partial charge in [-0.25, -0.2) is 12.8 Å². The Kier molecular flexibility index (Phi) is 7.59. The lowest BCUT2D eigenvalue weighted by molar-refractivity contribution is -0.0507. The molecule has 0 spiro atoms. The number of carbonyl (C=O) groups excluding carboxylic acids is 1. The molecule has 3 rings (SSSR count). The van der Waals surface area contributed by atoms with Crippen LogP contribution in [-0.4, -0.2) is 20.9 Å². The van der Waals surface area contributed by atoms with Crippen molar-refractivity contribution in [2.75, 3.05) is 4.72 Å². The highest BCUT2D eigenvalue weighted by molar-refractivity contribution is 7.92. The molecule has 0 aliphatic carbocycles. The van der Waals surface area contributed by atoms with Gasteiger partial charge in [0.25, 0.3) is 15.9 Å². The van der Waals surface area contributed by atoms with Crippen molar-refractivity contribution < 1.29 is 31.1 Å². The number of ether oxygens (including phenoxy) is 1. The molecule has 0 aliphatic heterocycles. The Morgan fingerprint density at radius 1 is 0.970 bits per heavy atom. The van der Waals surface area contributed by atoms with Crippen LogP contribution in [-0.2, 0) is 10.0 Å². The number of benzene rings is 3. The number of nitrogens with one attached hydrogen (secondary N) is 2. The highest BCUT2D eigenvalue weighted by atomic mass is 32.2. The first-order valence-corrected chi connectivity index (χ1v) is 11.4. The van der Waals surface area contributed by atoms with Crippen molar-refractivity contribution in [3.63, 3.8) is 0 Å². The summed E-state index contributed by atoms with van der Waals surface area (Å²) in [6.45, 7) is -1.24. The van der Waals surface area contributed by atoms with Crippen molar-refractivity contribution >= 4 is 21.6 Å². The zero-order valence-corrected chi connectivity index (χ0v) is 18.3. The highest BCUT2D eigenvalue weighted by Gasteiger charge is 2.21. The Labute approximate surface area is 189 Å². The van der Waals surface area contributed by atoms with Crippen LogP contribution in [0.1, 0.15) is 35.3 Å². The minimum absolute atomic E-state index is 0.0414. The van der Waals surface area contributed by atoms with Gasteiger partial charge in [0.15, 0.2) is 0 Å². The normalized spacial score (nSPS) is 12.3. The van der Waals surface area contributed by atoms with Crippen molar-refractivity contribution in [3.8, 4) is 5.75 Å². The molecule has 6 nitrogen and oxygen atoms in total. The molecule has 0 bridgehead atoms. The van der Waals surface area contributed by atoms with Crippen LogP contribution in [0, 0.1) is 5.82 Å². The van der Waals surface area contributed by atoms with E-state index in [0.29, 0.717) is 12.0 Å². The number of carbonyl (C=O) groups is 1. The standard InChI is InChI=1S/C23H21F3N2O4S/c1-2-19(17-7-3-6-10-21(17)32-23(25)26)27-22(29)15-11-13-16(14-12-15)33(30,31)28-20-9-5-4-8-18(20)24/h3-14,19,23,28H,2H2,1H3,(H,27,29). The van der Waals surface area contributed by atoms with Crippen LogP contribution in [0.15, 0.2) is 77.7 Å². The topological polar surface area (TPSA) is 84.5 Å². The molecule has 1 atom stereocenters. The monoisotopic (exact) mass is 478 g/mol. The first kappa shape index (κ1) is 24.1. The van der Waals surface area contributed by atoms with Crippen LogP contribution in [0.3, 0.4) is 0 Å². The van der Waals surface area contributed by atoms with E-state index in [9.17, 15) is 26.4 Å². The summed E-state index contributed by atoms with van der Waals surface area (Å²) in [6.07, 6.45) is 0.397. The molecule has 0 heterocycles. The number of sulfonamides is 1. The van der Waals surface area contributed by atoms with Crippen molar-refractivity contribution in [2.24, 2.45) is 0 Å². The molecule has 10 heteroatoms. The van der Waals surface area contributed by atoms with Crippen LogP contribution in [0.2, 0.25) is 0 Å². The quantitative estimate of drug-likeness (QED) is 0.448. The number of alkyl halides is 2. The first-order valence-electron chi connectivity index (χ1n) is 9.93. The molecule has 0 aliphatic rings. The lowest BCUT2D eigenvalue weighted by Gasteiger charge is -2.20. The van der Waals surface area contributed by atoms with Gasteiger partial charge >= 0.3 is 6.61 Å². The molecule has 1 unspecified atom stereocenters. The van der Waals surface area contributed by atoms with Gasteiger partial charge in [-0.2, -0.15) is 8.78 Å². The SMILES string of the molecule is CCC(NC(=O)c1ccc(S(=O)(=O)Nc2ccccc2F)cc1)c1ccccc1OC(F)F. The third kappa shape index (κ3) is 6.04. The summed E-state index contributed by atoms with van der Waals surface area (Å²) >= 11 is 0. The molecule has 0 saturated carbocycles. The first-order chi connectivity index (χ1) is 15.7. The number of anilines is 1. The third-order valence-electron chi connectivity index (χ3n) is 4.77. The molecule has 0 saturated heterocycles. The summed E-state index contributed by atoms with van der Waals surface area (Å²) in [7, 11) is -4.08. The second-order valence-electron chi connectivity index (χ2n) is 6.96. The van der Waals surface area contributed by atoms with Crippen LogP contribution in [0.4, 0.5) is 18.9 Å². The summed E-state index contributed by atoms with van der Waals surface area (Å²) in [6, 6.07) is 15.9. The predicted octanol–water partition coefficient (Wildman–Crippen LogP) is 5.11. The fourth-order valence-corrected chi connectivity index (χ4v) is 4.21. The Hall–Kier alpha value is -3.53. The molecule has 0 fully saturated rings. The van der Waals surface area contributed by atoms with Gasteiger partial charge in [0.05, 0.1) is 16.6 Å². The summed E-state index contributed by atoms with van der Waals surface area (Å²) in [4.78, 5) is 12.5. The van der Waals surface area contributed by atoms with Gasteiger partial charge in [0.2, 0.25) is 0 Å². The average Bonchev–Trinajstić information content (AvgIpc) is 2.79. The van der Waals surface area contributed by atoms with Crippen molar-refractivity contribution in [3.05, 3.63) is 89.7 Å². The van der Waals surface area contributed by atoms with E-state index in [0.717, 1.165) is 6.07 Å². The Bertz CT molecular complexity index is 1220. The fourth-order valence-electron chi connectivity index (χ4n) is 3.15. The molecule has 0 aromatic heterocycles. The molecular formula is C23H21F3N2O4S. The minimum atomic E-state index is -4.08. The molecule has 3 aromatic carbocycles. The molecule has 33 heavy (non-hydrogen) atoms. The Morgan fingerprint density at radius 3 is 2.24 bits per heavy atom. The maximum atomic E-state index is 13.8. The predicted molar refractivity (Wildman–Crippen MR) is 117 cm³/mol. The molecular weight excluding hydrogens is 457 g/mol. The number of amides is 1. The van der Waals surface area contributed by atoms with Gasteiger partial charge in [-0.3, -0.25) is 9.52 Å². The van der Waals surface area contributed by atoms with Crippen LogP contribution in [0.5, 0.6) is 5.75 Å². The minimum Gasteiger partial charge on any atom is -0.434 e. The Balaban J connectivity index is 1.76. The number of rotatable bonds is 9. The van der Waals surface area contributed by atoms with E-state index in [1.807, 2.05) is 0 Å². The highest BCUT2D eigenvalue weighted by Crippen LogP contribution is 2.29. The van der Waals surface area contributed by atoms with Gasteiger partial charge in [-0.15, -0.1) is 0 Å². The van der Waals surface area contributed by atoms with E-state index in [4.69, 9.17) is 0 Å². The zero-order chi connectivity index (χ0) is 24.0. The summed E-state index contributed by atoms with van der Waals surface area (Å²) < 4.78 is 70.9. The second kappa shape index (κ2) is 10.4. The van der Waals surface area contributed by atoms with E-state index in [2.05, 4.69) is 14.8 Å². The van der Waals surface area contributed by atoms with Crippen molar-refractivity contribution in [1.29, 1.82) is 0 Å². The number of para-hydroxylation sites is 2. The lowest BCUT2D eigenvalue weighted by atomic mass is 10.0. The van der Waals surface area contributed by atoms with E-state index in [1.54, 1.807) is 25.1 Å². The average molecular weight is 478 g/mol. The number of hydrogen-bond donors (Lipinski definition) is 2. The van der Waals surface area contributed by atoms with Crippen LogP contribution < -0.4 is 14.8 Å². The van der Waals surface area contributed by atoms with Crippen LogP contribution in [0.25, 0.3) is 0 Å². The molecule has 0 radical (unpaired) electrons. The van der Waals surface area contributed by atoms with E-state index >= 15 is 0 Å². The van der Waals surface area contributed by atoms with Gasteiger partial charge in [-0.1, -0.05) is 37.3 Å². The van der Waals surface area contributed by atoms with E-state index in [-0.39, 0.29) is 21.9 Å². The van der Waals surface area contributed by atoms with Gasteiger partial charge in [-0.05, 0) is 48.9 Å². The maximum absolute atomic E-state index is 13.8. The van der Waals surface area contributed by atoms with Crippen molar-refractivity contribution in [2.45, 2.75) is 30.9 Å². The van der Waals surface area contributed by atoms with E-state index < -0.39 is 34.4 Å². The van der Waals surface area contributed by atoms with Crippen molar-refractivity contribution in [1.82, 2.24) is 5.32 Å². The summed E-state index contributed by atoms with van der Waals surface area (Å²) in [5.74, 6) is -1.29. The summed E-state index contributed by atoms with van der Waals surface area (Å²) in [5, 5.41) is 2.74. The van der Waals surface area contributed by atoms with Crippen LogP contribution >= 0.6 is 0 Å². The lowest BCUT2D eigenvalue weighted by Crippen LogP contribution is -2.28. The molecule has 1 amide bonds. The maximum Gasteiger partial charge on any atom is 0.387 e. The largest absolute Gasteiger partial charge is 0.434 e. The molecule has 3 aromatic rings. The Morgan fingerprint density at radius 2 is 1.61 bits per heavy atom. The second-order valence-corrected chi connectivity index (χ2v) is 8.64. The molecule has 174 valence electrons. The third-order valence-corrected chi connectivity index (χ3v) is 6.15. The number of hydrogen-bond acceptors (Lipinski definition) is 4. The van der Waals surface area contributed by atoms with Gasteiger partial charge in [0, 0.05) is 11.1 Å².